The van der Waals surface area contributed by atoms with Crippen LogP contribution in [0.25, 0.3) is 0 Å². The van der Waals surface area contributed by atoms with Gasteiger partial charge in [-0.2, -0.15) is 0 Å². The number of hydrogen-bond donors (Lipinski definition) is 1. The first-order valence-corrected chi connectivity index (χ1v) is 8.13. The number of halogens is 2. The highest BCUT2D eigenvalue weighted by Crippen LogP contribution is 2.25. The van der Waals surface area contributed by atoms with E-state index in [2.05, 4.69) is 59.4 Å². The first kappa shape index (κ1) is 16.2. The average molecular weight is 350 g/mol. The van der Waals surface area contributed by atoms with Crippen molar-refractivity contribution in [2.24, 2.45) is 0 Å². The monoisotopic (exact) mass is 349 g/mol. The first-order chi connectivity index (χ1) is 10.1. The maximum atomic E-state index is 13.5. The fourth-order valence-electron chi connectivity index (χ4n) is 2.43. The summed E-state index contributed by atoms with van der Waals surface area (Å²) in [4.78, 5) is 0. The van der Waals surface area contributed by atoms with Gasteiger partial charge in [0.1, 0.15) is 5.82 Å². The zero-order valence-corrected chi connectivity index (χ0v) is 14.1. The van der Waals surface area contributed by atoms with Gasteiger partial charge < -0.3 is 5.32 Å². The van der Waals surface area contributed by atoms with Crippen molar-refractivity contribution >= 4 is 15.9 Å². The highest BCUT2D eigenvalue weighted by molar-refractivity contribution is 9.10. The molecule has 1 nitrogen and oxygen atoms in total. The number of rotatable bonds is 6. The molecule has 2 aromatic carbocycles. The summed E-state index contributed by atoms with van der Waals surface area (Å²) in [5, 5.41) is 3.56. The molecular formula is C18H21BrFN. The summed E-state index contributed by atoms with van der Waals surface area (Å²) in [7, 11) is 0. The second-order valence-electron chi connectivity index (χ2n) is 5.36. The number of aryl methyl sites for hydroxylation is 1. The van der Waals surface area contributed by atoms with Crippen molar-refractivity contribution in [1.82, 2.24) is 5.32 Å². The van der Waals surface area contributed by atoms with Crippen LogP contribution in [0.4, 0.5) is 4.39 Å². The molecular weight excluding hydrogens is 329 g/mol. The molecule has 1 unspecified atom stereocenters. The van der Waals surface area contributed by atoms with Crippen LogP contribution in [0, 0.1) is 12.7 Å². The molecule has 1 atom stereocenters. The minimum atomic E-state index is -0.188. The van der Waals surface area contributed by atoms with E-state index in [0.29, 0.717) is 0 Å². The van der Waals surface area contributed by atoms with E-state index in [1.54, 1.807) is 12.1 Å². The molecule has 0 spiro atoms. The quantitative estimate of drug-likeness (QED) is 0.757. The summed E-state index contributed by atoms with van der Waals surface area (Å²) < 4.78 is 14.4. The van der Waals surface area contributed by atoms with Gasteiger partial charge in [-0.05, 0) is 55.6 Å². The van der Waals surface area contributed by atoms with Gasteiger partial charge in [0, 0.05) is 10.5 Å². The van der Waals surface area contributed by atoms with Gasteiger partial charge in [-0.25, -0.2) is 4.39 Å². The predicted molar refractivity (Wildman–Crippen MR) is 90.0 cm³/mol. The molecule has 0 radical (unpaired) electrons. The molecule has 0 bridgehead atoms. The molecule has 0 aromatic heterocycles. The van der Waals surface area contributed by atoms with E-state index >= 15 is 0 Å². The molecule has 0 saturated heterocycles. The third-order valence-electron chi connectivity index (χ3n) is 3.52. The molecule has 0 aliphatic rings. The zero-order valence-electron chi connectivity index (χ0n) is 12.5. The smallest absolute Gasteiger partial charge is 0.123 e. The maximum Gasteiger partial charge on any atom is 0.123 e. The summed E-state index contributed by atoms with van der Waals surface area (Å²) in [5.74, 6) is -0.188. The largest absolute Gasteiger partial charge is 0.310 e. The number of hydrogen-bond acceptors (Lipinski definition) is 1. The standard InChI is InChI=1S/C18H21BrFN/c1-3-9-21-18(14-6-4-5-13(2)10-14)12-15-11-16(20)7-8-17(15)19/h4-8,10-11,18,21H,3,9,12H2,1-2H3. The lowest BCUT2D eigenvalue weighted by atomic mass is 9.97. The van der Waals surface area contributed by atoms with Crippen LogP contribution in [-0.2, 0) is 6.42 Å². The third-order valence-corrected chi connectivity index (χ3v) is 4.29. The lowest BCUT2D eigenvalue weighted by molar-refractivity contribution is 0.526. The van der Waals surface area contributed by atoms with E-state index in [4.69, 9.17) is 0 Å². The molecule has 0 fully saturated rings. The minimum absolute atomic E-state index is 0.188. The van der Waals surface area contributed by atoms with Crippen LogP contribution in [0.15, 0.2) is 46.9 Å². The summed E-state index contributed by atoms with van der Waals surface area (Å²) in [5.41, 5.74) is 3.49. The second-order valence-corrected chi connectivity index (χ2v) is 6.22. The Hall–Kier alpha value is -1.19. The SMILES string of the molecule is CCCNC(Cc1cc(F)ccc1Br)c1cccc(C)c1. The van der Waals surface area contributed by atoms with E-state index in [-0.39, 0.29) is 11.9 Å². The second kappa shape index (κ2) is 7.71. The van der Waals surface area contributed by atoms with Gasteiger partial charge in [-0.3, -0.25) is 0 Å². The molecule has 21 heavy (non-hydrogen) atoms. The summed E-state index contributed by atoms with van der Waals surface area (Å²) in [6.07, 6.45) is 1.84. The van der Waals surface area contributed by atoms with E-state index in [1.807, 2.05) is 0 Å². The van der Waals surface area contributed by atoms with Crippen LogP contribution in [-0.4, -0.2) is 6.54 Å². The maximum absolute atomic E-state index is 13.5. The normalized spacial score (nSPS) is 12.4. The molecule has 2 rings (SSSR count). The number of nitrogens with one attached hydrogen (secondary N) is 1. The first-order valence-electron chi connectivity index (χ1n) is 7.34. The Bertz CT molecular complexity index is 598. The van der Waals surface area contributed by atoms with Gasteiger partial charge in [-0.15, -0.1) is 0 Å². The van der Waals surface area contributed by atoms with Crippen molar-refractivity contribution < 1.29 is 4.39 Å². The Balaban J connectivity index is 2.25. The molecule has 0 aliphatic heterocycles. The van der Waals surface area contributed by atoms with Crippen molar-refractivity contribution in [3.63, 3.8) is 0 Å². The van der Waals surface area contributed by atoms with Crippen LogP contribution in [0.3, 0.4) is 0 Å². The van der Waals surface area contributed by atoms with Crippen LogP contribution in [0.1, 0.15) is 36.1 Å². The van der Waals surface area contributed by atoms with Crippen molar-refractivity contribution in [3.8, 4) is 0 Å². The molecule has 0 amide bonds. The molecule has 2 aromatic rings. The van der Waals surface area contributed by atoms with Crippen LogP contribution in [0.5, 0.6) is 0 Å². The fraction of sp³-hybridized carbons (Fsp3) is 0.333. The van der Waals surface area contributed by atoms with E-state index in [0.717, 1.165) is 29.4 Å². The van der Waals surface area contributed by atoms with Crippen molar-refractivity contribution in [2.75, 3.05) is 6.54 Å². The van der Waals surface area contributed by atoms with Gasteiger partial charge in [0.05, 0.1) is 0 Å². The van der Waals surface area contributed by atoms with Crippen LogP contribution >= 0.6 is 15.9 Å². The van der Waals surface area contributed by atoms with Gasteiger partial charge in [0.15, 0.2) is 0 Å². The summed E-state index contributed by atoms with van der Waals surface area (Å²) in [6.45, 7) is 5.20. The minimum Gasteiger partial charge on any atom is -0.310 e. The molecule has 0 heterocycles. The molecule has 3 heteroatoms. The van der Waals surface area contributed by atoms with Crippen molar-refractivity contribution in [1.29, 1.82) is 0 Å². The Morgan fingerprint density at radius 2 is 2.00 bits per heavy atom. The highest BCUT2D eigenvalue weighted by atomic mass is 79.9. The van der Waals surface area contributed by atoms with Crippen molar-refractivity contribution in [2.45, 2.75) is 32.7 Å². The Morgan fingerprint density at radius 1 is 1.19 bits per heavy atom. The molecule has 1 N–H and O–H groups in total. The van der Waals surface area contributed by atoms with E-state index < -0.39 is 0 Å². The predicted octanol–water partition coefficient (Wildman–Crippen LogP) is 5.18. The number of benzene rings is 2. The topological polar surface area (TPSA) is 12.0 Å². The van der Waals surface area contributed by atoms with E-state index in [9.17, 15) is 4.39 Å². The van der Waals surface area contributed by atoms with E-state index in [1.165, 1.54) is 17.2 Å². The molecule has 0 aliphatic carbocycles. The summed E-state index contributed by atoms with van der Waals surface area (Å²) in [6, 6.07) is 13.6. The van der Waals surface area contributed by atoms with Crippen LogP contribution in [0.2, 0.25) is 0 Å². The Morgan fingerprint density at radius 3 is 2.71 bits per heavy atom. The zero-order chi connectivity index (χ0) is 15.2. The van der Waals surface area contributed by atoms with Crippen LogP contribution < -0.4 is 5.32 Å². The van der Waals surface area contributed by atoms with Gasteiger partial charge in [-0.1, -0.05) is 52.7 Å². The molecule has 112 valence electrons. The third kappa shape index (κ3) is 4.65. The van der Waals surface area contributed by atoms with Gasteiger partial charge >= 0.3 is 0 Å². The summed E-state index contributed by atoms with van der Waals surface area (Å²) >= 11 is 3.52. The highest BCUT2D eigenvalue weighted by Gasteiger charge is 2.14. The van der Waals surface area contributed by atoms with Crippen molar-refractivity contribution in [3.05, 3.63) is 69.4 Å². The average Bonchev–Trinajstić information content (AvgIpc) is 2.47. The lowest BCUT2D eigenvalue weighted by Gasteiger charge is -2.20. The molecule has 0 saturated carbocycles. The lowest BCUT2D eigenvalue weighted by Crippen LogP contribution is -2.24. The van der Waals surface area contributed by atoms with Gasteiger partial charge in [0.25, 0.3) is 0 Å². The Kier molecular flexibility index (Phi) is 5.95. The Labute approximate surface area is 134 Å². The van der Waals surface area contributed by atoms with Gasteiger partial charge in [0.2, 0.25) is 0 Å². The fourth-order valence-corrected chi connectivity index (χ4v) is 2.84.